The topological polar surface area (TPSA) is 70.1 Å². The molecule has 0 amide bonds. The van der Waals surface area contributed by atoms with Gasteiger partial charge in [-0.1, -0.05) is 20.8 Å². The number of methoxy groups -OCH3 is 1. The Hall–Kier alpha value is -1.52. The summed E-state index contributed by atoms with van der Waals surface area (Å²) >= 11 is 0. The van der Waals surface area contributed by atoms with E-state index in [4.69, 9.17) is 5.73 Å². The van der Waals surface area contributed by atoms with Crippen molar-refractivity contribution in [1.82, 2.24) is 9.78 Å². The second-order valence-corrected chi connectivity index (χ2v) is 4.85. The fourth-order valence-corrected chi connectivity index (χ4v) is 1.36. The molecular formula is C11H19N3O2. The van der Waals surface area contributed by atoms with Crippen LogP contribution in [0.15, 0.2) is 6.07 Å². The summed E-state index contributed by atoms with van der Waals surface area (Å²) in [4.78, 5) is 11.4. The molecule has 0 fully saturated rings. The summed E-state index contributed by atoms with van der Waals surface area (Å²) < 4.78 is 6.15. The van der Waals surface area contributed by atoms with Crippen molar-refractivity contribution < 1.29 is 9.53 Å². The summed E-state index contributed by atoms with van der Waals surface area (Å²) in [7, 11) is 1.35. The second-order valence-electron chi connectivity index (χ2n) is 4.85. The van der Waals surface area contributed by atoms with Gasteiger partial charge in [-0.05, 0) is 6.92 Å². The predicted molar refractivity (Wildman–Crippen MR) is 62.1 cm³/mol. The Kier molecular flexibility index (Phi) is 3.26. The molecule has 5 heteroatoms. The minimum atomic E-state index is -0.499. The van der Waals surface area contributed by atoms with Crippen LogP contribution in [0.4, 0.5) is 5.82 Å². The largest absolute Gasteiger partial charge is 0.467 e. The first-order valence-corrected chi connectivity index (χ1v) is 5.20. The van der Waals surface area contributed by atoms with Crippen LogP contribution in [-0.2, 0) is 14.9 Å². The standard InChI is InChI=1S/C11H19N3O2/c1-7(10(15)16-5)14-9(12)6-8(13-14)11(2,3)4/h6-7H,12H2,1-5H3/t7-/m1/s1. The minimum absolute atomic E-state index is 0.0881. The molecule has 16 heavy (non-hydrogen) atoms. The zero-order valence-corrected chi connectivity index (χ0v) is 10.4. The molecular weight excluding hydrogens is 206 g/mol. The molecule has 1 rings (SSSR count). The van der Waals surface area contributed by atoms with Gasteiger partial charge in [0.25, 0.3) is 0 Å². The molecule has 1 aromatic heterocycles. The molecule has 0 aromatic carbocycles. The van der Waals surface area contributed by atoms with Crippen molar-refractivity contribution in [3.63, 3.8) is 0 Å². The first-order valence-electron chi connectivity index (χ1n) is 5.20. The van der Waals surface area contributed by atoms with Gasteiger partial charge in [-0.15, -0.1) is 0 Å². The molecule has 0 aliphatic carbocycles. The van der Waals surface area contributed by atoms with Crippen molar-refractivity contribution in [2.24, 2.45) is 0 Å². The Morgan fingerprint density at radius 3 is 2.50 bits per heavy atom. The number of anilines is 1. The third kappa shape index (κ3) is 2.35. The molecule has 1 atom stereocenters. The highest BCUT2D eigenvalue weighted by molar-refractivity contribution is 5.74. The number of aromatic nitrogens is 2. The number of carbonyl (C=O) groups excluding carboxylic acids is 1. The Morgan fingerprint density at radius 1 is 1.56 bits per heavy atom. The van der Waals surface area contributed by atoms with Gasteiger partial charge >= 0.3 is 5.97 Å². The maximum atomic E-state index is 11.4. The van der Waals surface area contributed by atoms with E-state index in [0.717, 1.165) is 5.69 Å². The van der Waals surface area contributed by atoms with E-state index in [-0.39, 0.29) is 11.4 Å². The molecule has 1 heterocycles. The second kappa shape index (κ2) is 4.15. The lowest BCUT2D eigenvalue weighted by Crippen LogP contribution is -2.21. The molecule has 0 spiro atoms. The quantitative estimate of drug-likeness (QED) is 0.774. The average Bonchev–Trinajstić information content (AvgIpc) is 2.57. The third-order valence-electron chi connectivity index (χ3n) is 2.44. The van der Waals surface area contributed by atoms with E-state index < -0.39 is 6.04 Å². The van der Waals surface area contributed by atoms with Gasteiger partial charge in [-0.2, -0.15) is 5.10 Å². The number of rotatable bonds is 2. The van der Waals surface area contributed by atoms with Crippen LogP contribution < -0.4 is 5.73 Å². The van der Waals surface area contributed by atoms with Crippen molar-refractivity contribution in [2.75, 3.05) is 12.8 Å². The number of ether oxygens (including phenoxy) is 1. The highest BCUT2D eigenvalue weighted by atomic mass is 16.5. The number of hydrogen-bond donors (Lipinski definition) is 1. The molecule has 0 radical (unpaired) electrons. The number of esters is 1. The summed E-state index contributed by atoms with van der Waals surface area (Å²) in [6, 6.07) is 1.29. The van der Waals surface area contributed by atoms with Crippen LogP contribution in [0.2, 0.25) is 0 Å². The summed E-state index contributed by atoms with van der Waals surface area (Å²) in [5, 5.41) is 4.34. The Balaban J connectivity index is 3.07. The van der Waals surface area contributed by atoms with Gasteiger partial charge in [0.2, 0.25) is 0 Å². The van der Waals surface area contributed by atoms with Gasteiger partial charge in [0.1, 0.15) is 11.9 Å². The van der Waals surface area contributed by atoms with E-state index in [2.05, 4.69) is 9.84 Å². The number of nitrogens with zero attached hydrogens (tertiary/aromatic N) is 2. The molecule has 90 valence electrons. The van der Waals surface area contributed by atoms with Crippen molar-refractivity contribution in [3.8, 4) is 0 Å². The smallest absolute Gasteiger partial charge is 0.330 e. The SMILES string of the molecule is COC(=O)[C@@H](C)n1nc(C(C)(C)C)cc1N. The van der Waals surface area contributed by atoms with Gasteiger partial charge in [0.05, 0.1) is 12.8 Å². The fraction of sp³-hybridized carbons (Fsp3) is 0.636. The molecule has 0 saturated heterocycles. The van der Waals surface area contributed by atoms with E-state index in [1.54, 1.807) is 13.0 Å². The van der Waals surface area contributed by atoms with E-state index >= 15 is 0 Å². The summed E-state index contributed by atoms with van der Waals surface area (Å²) in [6.45, 7) is 7.84. The van der Waals surface area contributed by atoms with Crippen molar-refractivity contribution in [3.05, 3.63) is 11.8 Å². The normalized spacial score (nSPS) is 13.6. The van der Waals surface area contributed by atoms with Gasteiger partial charge in [-0.3, -0.25) is 0 Å². The van der Waals surface area contributed by atoms with Crippen LogP contribution in [-0.4, -0.2) is 22.9 Å². The molecule has 5 nitrogen and oxygen atoms in total. The highest BCUT2D eigenvalue weighted by Gasteiger charge is 2.23. The number of hydrogen-bond acceptors (Lipinski definition) is 4. The molecule has 0 bridgehead atoms. The van der Waals surface area contributed by atoms with Gasteiger partial charge in [0.15, 0.2) is 0 Å². The summed E-state index contributed by atoms with van der Waals surface area (Å²) in [6.07, 6.45) is 0. The molecule has 1 aromatic rings. The maximum absolute atomic E-state index is 11.4. The summed E-state index contributed by atoms with van der Waals surface area (Å²) in [5.41, 5.74) is 6.60. The van der Waals surface area contributed by atoms with Gasteiger partial charge in [-0.25, -0.2) is 9.48 Å². The van der Waals surface area contributed by atoms with Gasteiger partial charge in [0, 0.05) is 11.5 Å². The van der Waals surface area contributed by atoms with Gasteiger partial charge < -0.3 is 10.5 Å². The number of carbonyl (C=O) groups is 1. The van der Waals surface area contributed by atoms with Crippen molar-refractivity contribution in [2.45, 2.75) is 39.2 Å². The highest BCUT2D eigenvalue weighted by Crippen LogP contribution is 2.24. The van der Waals surface area contributed by atoms with E-state index in [1.165, 1.54) is 11.8 Å². The third-order valence-corrected chi connectivity index (χ3v) is 2.44. The van der Waals surface area contributed by atoms with Crippen LogP contribution in [0, 0.1) is 0 Å². The molecule has 0 aliphatic heterocycles. The lowest BCUT2D eigenvalue weighted by atomic mass is 9.92. The predicted octanol–water partition coefficient (Wildman–Crippen LogP) is 1.50. The van der Waals surface area contributed by atoms with Crippen LogP contribution in [0.5, 0.6) is 0 Å². The minimum Gasteiger partial charge on any atom is -0.467 e. The lowest BCUT2D eigenvalue weighted by Gasteiger charge is -2.15. The zero-order valence-electron chi connectivity index (χ0n) is 10.4. The van der Waals surface area contributed by atoms with Crippen LogP contribution in [0.3, 0.4) is 0 Å². The van der Waals surface area contributed by atoms with Crippen LogP contribution >= 0.6 is 0 Å². The maximum Gasteiger partial charge on any atom is 0.330 e. The lowest BCUT2D eigenvalue weighted by molar-refractivity contribution is -0.144. The monoisotopic (exact) mass is 225 g/mol. The van der Waals surface area contributed by atoms with Crippen molar-refractivity contribution >= 4 is 11.8 Å². The summed E-state index contributed by atoms with van der Waals surface area (Å²) in [5.74, 6) is 0.123. The molecule has 0 aliphatic rings. The first kappa shape index (κ1) is 12.5. The molecule has 0 saturated carbocycles. The van der Waals surface area contributed by atoms with Crippen LogP contribution in [0.1, 0.15) is 39.4 Å². The zero-order chi connectivity index (χ0) is 12.5. The van der Waals surface area contributed by atoms with E-state index in [9.17, 15) is 4.79 Å². The van der Waals surface area contributed by atoms with Crippen LogP contribution in [0.25, 0.3) is 0 Å². The Morgan fingerprint density at radius 2 is 2.12 bits per heavy atom. The number of nitrogens with two attached hydrogens (primary N) is 1. The van der Waals surface area contributed by atoms with E-state index in [0.29, 0.717) is 5.82 Å². The molecule has 0 unspecified atom stereocenters. The fourth-order valence-electron chi connectivity index (χ4n) is 1.36. The number of nitrogen functional groups attached to an aromatic ring is 1. The Labute approximate surface area is 95.6 Å². The average molecular weight is 225 g/mol. The van der Waals surface area contributed by atoms with E-state index in [1.807, 2.05) is 20.8 Å². The Bertz CT molecular complexity index is 390. The molecule has 2 N–H and O–H groups in total. The van der Waals surface area contributed by atoms with Crippen molar-refractivity contribution in [1.29, 1.82) is 0 Å². The first-order chi connectivity index (χ1) is 7.27.